The van der Waals surface area contributed by atoms with E-state index >= 15 is 0 Å². The molecule has 1 saturated heterocycles. The molecule has 1 aliphatic heterocycles. The summed E-state index contributed by atoms with van der Waals surface area (Å²) < 4.78 is 24.4. The van der Waals surface area contributed by atoms with Gasteiger partial charge >= 0.3 is 0 Å². The first kappa shape index (κ1) is 21.3. The molecule has 1 aliphatic rings. The van der Waals surface area contributed by atoms with Gasteiger partial charge in [0, 0.05) is 62.1 Å². The van der Waals surface area contributed by atoms with E-state index in [2.05, 4.69) is 24.9 Å². The summed E-state index contributed by atoms with van der Waals surface area (Å²) in [4.78, 5) is 13.0. The Balaban J connectivity index is 1.11. The number of rotatable bonds is 7. The van der Waals surface area contributed by atoms with Crippen molar-refractivity contribution in [3.05, 3.63) is 66.7 Å². The number of hydrogen-bond donors (Lipinski definition) is 1. The number of aliphatic hydroxyl groups excluding tert-OH is 1. The molecule has 33 heavy (non-hydrogen) atoms. The predicted octanol–water partition coefficient (Wildman–Crippen LogP) is 2.99. The Labute approximate surface area is 190 Å². The highest BCUT2D eigenvalue weighted by atomic mass is 19.1. The molecule has 1 unspecified atom stereocenters. The first-order valence-corrected chi connectivity index (χ1v) is 10.9. The predicted molar refractivity (Wildman–Crippen MR) is 122 cm³/mol. The third-order valence-corrected chi connectivity index (χ3v) is 5.68. The number of anilines is 1. The molecule has 2 aromatic heterocycles. The molecule has 3 heterocycles. The smallest absolute Gasteiger partial charge is 0.225 e. The summed E-state index contributed by atoms with van der Waals surface area (Å²) in [5.41, 5.74) is 1.90. The number of aliphatic hydroxyl groups is 1. The Kier molecular flexibility index (Phi) is 6.14. The summed E-state index contributed by atoms with van der Waals surface area (Å²) in [6.45, 7) is 4.06. The van der Waals surface area contributed by atoms with Crippen LogP contribution < -0.4 is 9.64 Å². The Morgan fingerprint density at radius 2 is 1.79 bits per heavy atom. The van der Waals surface area contributed by atoms with Gasteiger partial charge in [0.1, 0.15) is 30.0 Å². The second kappa shape index (κ2) is 9.51. The SMILES string of the molecule is OC(COc1ccc(-c2noc3cc(F)ccc23)cc1)CN1CCN(c2ncccn2)CC1. The molecule has 4 aromatic rings. The lowest BCUT2D eigenvalue weighted by molar-refractivity contribution is 0.0662. The average Bonchev–Trinajstić information content (AvgIpc) is 3.27. The number of halogens is 1. The Morgan fingerprint density at radius 1 is 1.03 bits per heavy atom. The van der Waals surface area contributed by atoms with Gasteiger partial charge in [-0.05, 0) is 42.5 Å². The number of ether oxygens (including phenoxy) is 1. The second-order valence-corrected chi connectivity index (χ2v) is 8.00. The number of nitrogens with zero attached hydrogens (tertiary/aromatic N) is 5. The van der Waals surface area contributed by atoms with Crippen LogP contribution in [0, 0.1) is 5.82 Å². The molecule has 0 bridgehead atoms. The molecule has 2 aromatic carbocycles. The maximum absolute atomic E-state index is 13.4. The number of fused-ring (bicyclic) bond motifs is 1. The molecule has 5 rings (SSSR count). The topological polar surface area (TPSA) is 87.8 Å². The zero-order valence-corrected chi connectivity index (χ0v) is 18.0. The molecule has 1 fully saturated rings. The molecule has 8 nitrogen and oxygen atoms in total. The lowest BCUT2D eigenvalue weighted by Gasteiger charge is -2.35. The highest BCUT2D eigenvalue weighted by Gasteiger charge is 2.21. The van der Waals surface area contributed by atoms with Gasteiger partial charge in [0.05, 0.1) is 0 Å². The molecule has 0 saturated carbocycles. The zero-order chi connectivity index (χ0) is 22.6. The van der Waals surface area contributed by atoms with Crippen LogP contribution in [0.5, 0.6) is 5.75 Å². The van der Waals surface area contributed by atoms with Gasteiger partial charge in [-0.3, -0.25) is 4.90 Å². The third-order valence-electron chi connectivity index (χ3n) is 5.68. The average molecular weight is 449 g/mol. The van der Waals surface area contributed by atoms with Crippen LogP contribution >= 0.6 is 0 Å². The fraction of sp³-hybridized carbons (Fsp3) is 0.292. The van der Waals surface area contributed by atoms with E-state index in [1.807, 2.05) is 30.3 Å². The van der Waals surface area contributed by atoms with E-state index in [0.29, 0.717) is 23.6 Å². The van der Waals surface area contributed by atoms with E-state index in [1.54, 1.807) is 18.5 Å². The maximum Gasteiger partial charge on any atom is 0.225 e. The minimum absolute atomic E-state index is 0.202. The van der Waals surface area contributed by atoms with E-state index in [1.165, 1.54) is 12.1 Å². The molecule has 0 amide bonds. The minimum Gasteiger partial charge on any atom is -0.491 e. The van der Waals surface area contributed by atoms with Crippen LogP contribution in [0.4, 0.5) is 10.3 Å². The second-order valence-electron chi connectivity index (χ2n) is 8.00. The number of β-amino-alcohol motifs (C(OH)–C–C–N with tert-alkyl or cyclic N) is 1. The largest absolute Gasteiger partial charge is 0.491 e. The van der Waals surface area contributed by atoms with Crippen molar-refractivity contribution < 1.29 is 18.8 Å². The molecule has 0 aliphatic carbocycles. The number of benzene rings is 2. The van der Waals surface area contributed by atoms with E-state index in [4.69, 9.17) is 9.26 Å². The molecule has 0 radical (unpaired) electrons. The Hall–Kier alpha value is -3.56. The lowest BCUT2D eigenvalue weighted by Crippen LogP contribution is -2.49. The molecular weight excluding hydrogens is 425 g/mol. The van der Waals surface area contributed by atoms with Crippen LogP contribution in [0.25, 0.3) is 22.2 Å². The quantitative estimate of drug-likeness (QED) is 0.461. The van der Waals surface area contributed by atoms with Crippen LogP contribution in [0.3, 0.4) is 0 Å². The number of hydrogen-bond acceptors (Lipinski definition) is 8. The maximum atomic E-state index is 13.4. The number of aromatic nitrogens is 3. The Morgan fingerprint density at radius 3 is 2.55 bits per heavy atom. The van der Waals surface area contributed by atoms with Gasteiger partial charge in [0.2, 0.25) is 5.95 Å². The Bertz CT molecular complexity index is 1190. The van der Waals surface area contributed by atoms with Gasteiger partial charge in [-0.1, -0.05) is 5.16 Å². The van der Waals surface area contributed by atoms with Gasteiger partial charge in [0.25, 0.3) is 0 Å². The first-order chi connectivity index (χ1) is 16.2. The van der Waals surface area contributed by atoms with Crippen molar-refractivity contribution in [3.63, 3.8) is 0 Å². The van der Waals surface area contributed by atoms with E-state index in [9.17, 15) is 9.50 Å². The van der Waals surface area contributed by atoms with Crippen molar-refractivity contribution in [1.29, 1.82) is 0 Å². The van der Waals surface area contributed by atoms with E-state index in [0.717, 1.165) is 43.1 Å². The van der Waals surface area contributed by atoms with Crippen LogP contribution in [0.15, 0.2) is 65.4 Å². The zero-order valence-electron chi connectivity index (χ0n) is 18.0. The summed E-state index contributed by atoms with van der Waals surface area (Å²) in [5.74, 6) is 1.04. The van der Waals surface area contributed by atoms with Gasteiger partial charge in [-0.2, -0.15) is 0 Å². The van der Waals surface area contributed by atoms with Gasteiger partial charge in [-0.15, -0.1) is 0 Å². The minimum atomic E-state index is -0.599. The standard InChI is InChI=1S/C24H24FN5O3/c25-18-4-7-21-22(14-18)33-28-23(21)17-2-5-20(6-3-17)32-16-19(31)15-29-10-12-30(13-11-29)24-26-8-1-9-27-24/h1-9,14,19,31H,10-13,15-16H2. The summed E-state index contributed by atoms with van der Waals surface area (Å²) in [7, 11) is 0. The van der Waals surface area contributed by atoms with E-state index < -0.39 is 6.10 Å². The molecule has 170 valence electrons. The molecule has 9 heteroatoms. The van der Waals surface area contributed by atoms with Crippen molar-refractivity contribution in [2.24, 2.45) is 0 Å². The summed E-state index contributed by atoms with van der Waals surface area (Å²) in [6.07, 6.45) is 2.90. The van der Waals surface area contributed by atoms with E-state index in [-0.39, 0.29) is 12.4 Å². The van der Waals surface area contributed by atoms with Crippen molar-refractivity contribution in [2.75, 3.05) is 44.2 Å². The monoisotopic (exact) mass is 449 g/mol. The van der Waals surface area contributed by atoms with Crippen LogP contribution in [-0.4, -0.2) is 70.6 Å². The van der Waals surface area contributed by atoms with Crippen LogP contribution in [-0.2, 0) is 0 Å². The summed E-state index contributed by atoms with van der Waals surface area (Å²) in [5, 5.41) is 15.2. The number of piperazine rings is 1. The van der Waals surface area contributed by atoms with Crippen LogP contribution in [0.1, 0.15) is 0 Å². The van der Waals surface area contributed by atoms with Gasteiger partial charge in [-0.25, -0.2) is 14.4 Å². The van der Waals surface area contributed by atoms with Crippen molar-refractivity contribution in [1.82, 2.24) is 20.0 Å². The summed E-state index contributed by atoms with van der Waals surface area (Å²) in [6, 6.07) is 13.6. The molecule has 0 spiro atoms. The highest BCUT2D eigenvalue weighted by Crippen LogP contribution is 2.29. The fourth-order valence-electron chi connectivity index (χ4n) is 3.96. The van der Waals surface area contributed by atoms with Crippen molar-refractivity contribution >= 4 is 16.9 Å². The van der Waals surface area contributed by atoms with Crippen molar-refractivity contribution in [3.8, 4) is 17.0 Å². The van der Waals surface area contributed by atoms with Gasteiger partial charge < -0.3 is 19.3 Å². The van der Waals surface area contributed by atoms with Gasteiger partial charge in [0.15, 0.2) is 5.58 Å². The van der Waals surface area contributed by atoms with Crippen molar-refractivity contribution in [2.45, 2.75) is 6.10 Å². The normalized spacial score (nSPS) is 15.6. The highest BCUT2D eigenvalue weighted by molar-refractivity contribution is 5.91. The molecular formula is C24H24FN5O3. The summed E-state index contributed by atoms with van der Waals surface area (Å²) >= 11 is 0. The fourth-order valence-corrected chi connectivity index (χ4v) is 3.96. The lowest BCUT2D eigenvalue weighted by atomic mass is 10.1. The molecule has 1 N–H and O–H groups in total. The third kappa shape index (κ3) is 4.94. The van der Waals surface area contributed by atoms with Crippen LogP contribution in [0.2, 0.25) is 0 Å². The first-order valence-electron chi connectivity index (χ1n) is 10.9. The molecule has 1 atom stereocenters.